The molecule has 0 aliphatic heterocycles. The molecule has 2 rings (SSSR count). The van der Waals surface area contributed by atoms with E-state index < -0.39 is 17.6 Å². The number of aryl methyl sites for hydroxylation is 2. The second-order valence-corrected chi connectivity index (χ2v) is 4.28. The third-order valence-electron chi connectivity index (χ3n) is 2.72. The van der Waals surface area contributed by atoms with Crippen LogP contribution in [0.2, 0.25) is 0 Å². The fraction of sp³-hybridized carbons (Fsp3) is 0.455. The van der Waals surface area contributed by atoms with E-state index in [2.05, 4.69) is 10.3 Å². The van der Waals surface area contributed by atoms with Crippen LogP contribution >= 0.6 is 0 Å². The summed E-state index contributed by atoms with van der Waals surface area (Å²) in [5, 5.41) is 25.8. The summed E-state index contributed by atoms with van der Waals surface area (Å²) < 4.78 is 5.84. The normalized spacial score (nSPS) is 12.8. The molecule has 1 atom stereocenters. The molecule has 2 N–H and O–H groups in total. The topological polar surface area (TPSA) is 118 Å². The van der Waals surface area contributed by atoms with Crippen LogP contribution in [-0.2, 0) is 6.54 Å². The van der Waals surface area contributed by atoms with Gasteiger partial charge in [0, 0.05) is 6.54 Å². The molecule has 0 saturated heterocycles. The lowest BCUT2D eigenvalue weighted by atomic mass is 10.2. The van der Waals surface area contributed by atoms with E-state index >= 15 is 0 Å². The van der Waals surface area contributed by atoms with Crippen LogP contribution < -0.4 is 5.56 Å². The van der Waals surface area contributed by atoms with Crippen molar-refractivity contribution in [2.75, 3.05) is 0 Å². The summed E-state index contributed by atoms with van der Waals surface area (Å²) in [7, 11) is 0. The number of hydrogen-bond donors (Lipinski definition) is 2. The molecule has 0 bridgehead atoms. The van der Waals surface area contributed by atoms with Gasteiger partial charge in [-0.05, 0) is 20.3 Å². The Morgan fingerprint density at radius 1 is 1.53 bits per heavy atom. The van der Waals surface area contributed by atoms with E-state index in [1.165, 1.54) is 6.92 Å². The van der Waals surface area contributed by atoms with Gasteiger partial charge in [-0.15, -0.1) is 0 Å². The first-order chi connectivity index (χ1) is 8.91. The average Bonchev–Trinajstić information content (AvgIpc) is 2.71. The first kappa shape index (κ1) is 13.2. The van der Waals surface area contributed by atoms with Crippen LogP contribution in [0.15, 0.2) is 9.32 Å². The maximum atomic E-state index is 12.0. The maximum absolute atomic E-state index is 12.0. The molecule has 1 unspecified atom stereocenters. The van der Waals surface area contributed by atoms with Crippen molar-refractivity contribution >= 4 is 16.9 Å². The van der Waals surface area contributed by atoms with Gasteiger partial charge in [0.25, 0.3) is 5.56 Å². The zero-order chi connectivity index (χ0) is 14.2. The van der Waals surface area contributed by atoms with Gasteiger partial charge in [-0.2, -0.15) is 5.10 Å². The van der Waals surface area contributed by atoms with Gasteiger partial charge < -0.3 is 14.7 Å². The number of aliphatic hydroxyl groups is 1. The van der Waals surface area contributed by atoms with E-state index in [1.807, 2.05) is 0 Å². The second kappa shape index (κ2) is 4.81. The molecule has 2 aromatic rings. The van der Waals surface area contributed by atoms with E-state index in [9.17, 15) is 14.7 Å². The Kier molecular flexibility index (Phi) is 3.34. The summed E-state index contributed by atoms with van der Waals surface area (Å²) in [6, 6.07) is 0. The zero-order valence-electron chi connectivity index (χ0n) is 10.5. The third-order valence-corrected chi connectivity index (χ3v) is 2.72. The van der Waals surface area contributed by atoms with Crippen molar-refractivity contribution in [1.82, 2.24) is 14.9 Å². The summed E-state index contributed by atoms with van der Waals surface area (Å²) in [6.07, 6.45) is -0.328. The van der Waals surface area contributed by atoms with Crippen molar-refractivity contribution in [1.29, 1.82) is 0 Å². The number of carboxylic acid groups (broad SMARTS) is 1. The predicted octanol–water partition coefficient (Wildman–Crippen LogP) is 0.162. The lowest BCUT2D eigenvalue weighted by Crippen LogP contribution is -2.27. The minimum Gasteiger partial charge on any atom is -0.476 e. The molecular weight excluding hydrogens is 254 g/mol. The smallest absolute Gasteiger partial charge is 0.357 e. The average molecular weight is 267 g/mol. The Balaban J connectivity index is 2.64. The van der Waals surface area contributed by atoms with Gasteiger partial charge in [0.05, 0.1) is 11.5 Å². The number of aromatic nitrogens is 3. The lowest BCUT2D eigenvalue weighted by molar-refractivity contribution is 0.0689. The largest absolute Gasteiger partial charge is 0.476 e. The summed E-state index contributed by atoms with van der Waals surface area (Å²) in [5.74, 6) is -1.03. The third kappa shape index (κ3) is 2.34. The van der Waals surface area contributed by atoms with E-state index in [1.54, 1.807) is 6.92 Å². The van der Waals surface area contributed by atoms with Gasteiger partial charge in [0.2, 0.25) is 0 Å². The molecule has 0 fully saturated rings. The Morgan fingerprint density at radius 3 is 2.79 bits per heavy atom. The number of fused-ring (bicyclic) bond motifs is 1. The van der Waals surface area contributed by atoms with Gasteiger partial charge in [0.15, 0.2) is 11.2 Å². The van der Waals surface area contributed by atoms with Crippen LogP contribution in [0.3, 0.4) is 0 Å². The SMILES string of the molecule is Cc1onc2c(=O)n(CCC(C)O)nc(C(=O)O)c12. The van der Waals surface area contributed by atoms with E-state index in [-0.39, 0.29) is 35.3 Å². The molecule has 8 nitrogen and oxygen atoms in total. The number of aromatic carboxylic acids is 1. The Bertz CT molecular complexity index is 685. The van der Waals surface area contributed by atoms with E-state index in [0.717, 1.165) is 4.68 Å². The standard InChI is InChI=1S/C11H13N3O5/c1-5(15)3-4-14-10(16)8-7(6(2)19-13-8)9(12-14)11(17)18/h5,15H,3-4H2,1-2H3,(H,17,18). The molecule has 0 spiro atoms. The quantitative estimate of drug-likeness (QED) is 0.809. The highest BCUT2D eigenvalue weighted by atomic mass is 16.5. The summed E-state index contributed by atoms with van der Waals surface area (Å²) in [6.45, 7) is 3.20. The Morgan fingerprint density at radius 2 is 2.21 bits per heavy atom. The minimum atomic E-state index is -1.26. The molecule has 8 heteroatoms. The van der Waals surface area contributed by atoms with Gasteiger partial charge in [-0.1, -0.05) is 5.16 Å². The highest BCUT2D eigenvalue weighted by Gasteiger charge is 2.21. The highest BCUT2D eigenvalue weighted by Crippen LogP contribution is 2.17. The minimum absolute atomic E-state index is 0.0597. The van der Waals surface area contributed by atoms with Gasteiger partial charge in [-0.3, -0.25) is 4.79 Å². The number of aliphatic hydroxyl groups excluding tert-OH is 1. The number of rotatable bonds is 4. The molecule has 19 heavy (non-hydrogen) atoms. The summed E-state index contributed by atoms with van der Waals surface area (Å²) in [5.41, 5.74) is -0.869. The van der Waals surface area contributed by atoms with Gasteiger partial charge >= 0.3 is 5.97 Å². The van der Waals surface area contributed by atoms with Crippen LogP contribution in [0.25, 0.3) is 10.9 Å². The highest BCUT2D eigenvalue weighted by molar-refractivity contribution is 6.00. The summed E-state index contributed by atoms with van der Waals surface area (Å²) >= 11 is 0. The number of hydrogen-bond acceptors (Lipinski definition) is 6. The molecule has 0 aliphatic carbocycles. The van der Waals surface area contributed by atoms with Crippen molar-refractivity contribution in [2.24, 2.45) is 0 Å². The predicted molar refractivity (Wildman–Crippen MR) is 64.1 cm³/mol. The zero-order valence-corrected chi connectivity index (χ0v) is 10.5. The second-order valence-electron chi connectivity index (χ2n) is 4.28. The van der Waals surface area contributed by atoms with Crippen molar-refractivity contribution in [3.8, 4) is 0 Å². The van der Waals surface area contributed by atoms with E-state index in [0.29, 0.717) is 0 Å². The first-order valence-corrected chi connectivity index (χ1v) is 5.70. The molecule has 0 aromatic carbocycles. The number of nitrogens with zero attached hydrogens (tertiary/aromatic N) is 3. The fourth-order valence-electron chi connectivity index (χ4n) is 1.75. The molecule has 2 heterocycles. The Labute approximate surface area is 107 Å². The molecular formula is C11H13N3O5. The van der Waals surface area contributed by atoms with Crippen molar-refractivity contribution in [2.45, 2.75) is 32.9 Å². The van der Waals surface area contributed by atoms with Gasteiger partial charge in [-0.25, -0.2) is 9.48 Å². The van der Waals surface area contributed by atoms with Crippen LogP contribution in [0.5, 0.6) is 0 Å². The summed E-state index contributed by atoms with van der Waals surface area (Å²) in [4.78, 5) is 23.2. The molecule has 2 aromatic heterocycles. The number of carboxylic acids is 1. The van der Waals surface area contributed by atoms with Crippen LogP contribution in [-0.4, -0.2) is 37.2 Å². The molecule has 0 saturated carbocycles. The van der Waals surface area contributed by atoms with Crippen molar-refractivity contribution in [3.63, 3.8) is 0 Å². The van der Waals surface area contributed by atoms with E-state index in [4.69, 9.17) is 9.63 Å². The Hall–Kier alpha value is -2.22. The maximum Gasteiger partial charge on any atom is 0.357 e. The molecule has 0 radical (unpaired) electrons. The lowest BCUT2D eigenvalue weighted by Gasteiger charge is -2.07. The first-order valence-electron chi connectivity index (χ1n) is 5.70. The molecule has 0 amide bonds. The van der Waals surface area contributed by atoms with Crippen LogP contribution in [0.4, 0.5) is 0 Å². The van der Waals surface area contributed by atoms with Gasteiger partial charge in [0.1, 0.15) is 5.76 Å². The fourth-order valence-corrected chi connectivity index (χ4v) is 1.75. The van der Waals surface area contributed by atoms with Crippen LogP contribution in [0, 0.1) is 6.92 Å². The monoisotopic (exact) mass is 267 g/mol. The van der Waals surface area contributed by atoms with Crippen molar-refractivity contribution in [3.05, 3.63) is 21.8 Å². The molecule has 0 aliphatic rings. The van der Waals surface area contributed by atoms with Crippen molar-refractivity contribution < 1.29 is 19.5 Å². The molecule has 102 valence electrons. The van der Waals surface area contributed by atoms with Crippen LogP contribution in [0.1, 0.15) is 29.6 Å². The number of carbonyl (C=O) groups is 1.